The molecule has 2 aliphatic heterocycles. The number of pyridine rings is 1. The van der Waals surface area contributed by atoms with Gasteiger partial charge in [0.15, 0.2) is 0 Å². The van der Waals surface area contributed by atoms with E-state index in [1.165, 1.54) is 24.6 Å². The molecule has 0 bridgehead atoms. The van der Waals surface area contributed by atoms with Gasteiger partial charge in [0.05, 0.1) is 4.91 Å². The highest BCUT2D eigenvalue weighted by atomic mass is 32.2. The number of hydrogen-bond acceptors (Lipinski definition) is 6. The molecule has 3 rings (SSSR count). The number of thiocarbonyl (C=S) groups is 1. The lowest BCUT2D eigenvalue weighted by Gasteiger charge is -2.29. The van der Waals surface area contributed by atoms with E-state index in [0.29, 0.717) is 33.8 Å². The average Bonchev–Trinajstić information content (AvgIpc) is 3.05. The van der Waals surface area contributed by atoms with E-state index in [-0.39, 0.29) is 17.0 Å². The summed E-state index contributed by atoms with van der Waals surface area (Å²) in [5.74, 6) is 1.23. The molecule has 1 amide bonds. The summed E-state index contributed by atoms with van der Waals surface area (Å²) in [7, 11) is 0. The van der Waals surface area contributed by atoms with Crippen molar-refractivity contribution in [2.24, 2.45) is 5.92 Å². The lowest BCUT2D eigenvalue weighted by Crippen LogP contribution is -2.35. The molecule has 2 saturated heterocycles. The molecule has 37 heavy (non-hydrogen) atoms. The zero-order chi connectivity index (χ0) is 26.9. The maximum atomic E-state index is 13.6. The summed E-state index contributed by atoms with van der Waals surface area (Å²) in [6, 6.07) is 2.16. The molecular formula is C29H42N4O2S2. The van der Waals surface area contributed by atoms with Crippen molar-refractivity contribution in [3.05, 3.63) is 31.9 Å². The van der Waals surface area contributed by atoms with E-state index < -0.39 is 0 Å². The standard InChI is InChI=1S/C29H42N4O2S2/c1-5-8-14-22(7-3)20-33-28(35)25(37-29(33)36)18-23-21(4)24(19-30)27(34)32(17-9-6-2)26(23)31-15-12-10-11-13-16-31/h18,22H,5-17,20H2,1-4H3/b25-18+. The number of thioether (sulfide) groups is 1. The number of unbranched alkanes of at least 4 members (excludes halogenated alkanes) is 2. The van der Waals surface area contributed by atoms with Gasteiger partial charge >= 0.3 is 0 Å². The predicted octanol–water partition coefficient (Wildman–Crippen LogP) is 6.63. The fraction of sp³-hybridized carbons (Fsp3) is 0.655. The largest absolute Gasteiger partial charge is 0.357 e. The van der Waals surface area contributed by atoms with Crippen LogP contribution in [0.15, 0.2) is 9.70 Å². The van der Waals surface area contributed by atoms with Crippen LogP contribution in [0.4, 0.5) is 5.82 Å². The summed E-state index contributed by atoms with van der Waals surface area (Å²) in [6.07, 6.45) is 12.6. The number of carbonyl (C=O) groups is 1. The number of aromatic nitrogens is 1. The van der Waals surface area contributed by atoms with Crippen LogP contribution in [-0.2, 0) is 11.3 Å². The van der Waals surface area contributed by atoms with Crippen LogP contribution in [0, 0.1) is 24.2 Å². The van der Waals surface area contributed by atoms with E-state index in [2.05, 4.69) is 31.7 Å². The van der Waals surface area contributed by atoms with Crippen LogP contribution in [0.2, 0.25) is 0 Å². The molecule has 0 spiro atoms. The Morgan fingerprint density at radius 3 is 2.35 bits per heavy atom. The lowest BCUT2D eigenvalue weighted by molar-refractivity contribution is -0.122. The van der Waals surface area contributed by atoms with Crippen LogP contribution in [0.5, 0.6) is 0 Å². The summed E-state index contributed by atoms with van der Waals surface area (Å²) < 4.78 is 2.39. The Kier molecular flexibility index (Phi) is 11.3. The van der Waals surface area contributed by atoms with Crippen molar-refractivity contribution in [3.8, 4) is 6.07 Å². The molecule has 0 radical (unpaired) electrons. The van der Waals surface area contributed by atoms with Gasteiger partial charge in [-0.2, -0.15) is 5.26 Å². The van der Waals surface area contributed by atoms with Crippen molar-refractivity contribution in [2.45, 2.75) is 98.4 Å². The van der Waals surface area contributed by atoms with Crippen molar-refractivity contribution >= 4 is 46.1 Å². The maximum Gasteiger partial charge on any atom is 0.270 e. The molecule has 8 heteroatoms. The molecule has 1 aromatic heterocycles. The maximum absolute atomic E-state index is 13.6. The lowest BCUT2D eigenvalue weighted by atomic mass is 9.99. The summed E-state index contributed by atoms with van der Waals surface area (Å²) >= 11 is 7.00. The van der Waals surface area contributed by atoms with Gasteiger partial charge in [-0.3, -0.25) is 19.1 Å². The first-order valence-electron chi connectivity index (χ1n) is 14.1. The zero-order valence-electron chi connectivity index (χ0n) is 23.0. The van der Waals surface area contributed by atoms with E-state index in [9.17, 15) is 14.9 Å². The molecule has 0 N–H and O–H groups in total. The first kappa shape index (κ1) is 29.4. The zero-order valence-corrected chi connectivity index (χ0v) is 24.6. The molecule has 0 aliphatic carbocycles. The van der Waals surface area contributed by atoms with Crippen molar-refractivity contribution in [2.75, 3.05) is 24.5 Å². The topological polar surface area (TPSA) is 69.3 Å². The minimum absolute atomic E-state index is 0.0593. The van der Waals surface area contributed by atoms with E-state index in [0.717, 1.165) is 75.8 Å². The van der Waals surface area contributed by atoms with Crippen molar-refractivity contribution in [3.63, 3.8) is 0 Å². The summed E-state index contributed by atoms with van der Waals surface area (Å²) in [5.41, 5.74) is 1.41. The number of anilines is 1. The number of nitriles is 1. The first-order valence-corrected chi connectivity index (χ1v) is 15.3. The fourth-order valence-corrected chi connectivity index (χ4v) is 6.51. The van der Waals surface area contributed by atoms with Gasteiger partial charge in [0.1, 0.15) is 21.8 Å². The van der Waals surface area contributed by atoms with Gasteiger partial charge < -0.3 is 4.90 Å². The van der Waals surface area contributed by atoms with Crippen LogP contribution in [0.3, 0.4) is 0 Å². The Labute approximate surface area is 232 Å². The van der Waals surface area contributed by atoms with E-state index in [1.807, 2.05) is 13.0 Å². The molecular weight excluding hydrogens is 500 g/mol. The van der Waals surface area contributed by atoms with Gasteiger partial charge in [0.25, 0.3) is 11.5 Å². The van der Waals surface area contributed by atoms with Crippen molar-refractivity contribution in [1.82, 2.24) is 9.47 Å². The molecule has 2 aliphatic rings. The molecule has 2 fully saturated rings. The third kappa shape index (κ3) is 6.86. The van der Waals surface area contributed by atoms with Crippen molar-refractivity contribution < 1.29 is 4.79 Å². The fourth-order valence-electron chi connectivity index (χ4n) is 5.26. The molecule has 1 unspecified atom stereocenters. The van der Waals surface area contributed by atoms with Crippen LogP contribution in [0.1, 0.15) is 102 Å². The third-order valence-corrected chi connectivity index (χ3v) is 9.00. The first-order chi connectivity index (χ1) is 17.9. The molecule has 1 atom stereocenters. The Bertz CT molecular complexity index is 1110. The van der Waals surface area contributed by atoms with Crippen LogP contribution in [-0.4, -0.2) is 39.3 Å². The number of amides is 1. The van der Waals surface area contributed by atoms with E-state index in [1.54, 1.807) is 9.47 Å². The summed E-state index contributed by atoms with van der Waals surface area (Å²) in [5, 5.41) is 9.92. The highest BCUT2D eigenvalue weighted by Crippen LogP contribution is 2.37. The molecule has 6 nitrogen and oxygen atoms in total. The highest BCUT2D eigenvalue weighted by molar-refractivity contribution is 8.26. The average molecular weight is 543 g/mol. The highest BCUT2D eigenvalue weighted by Gasteiger charge is 2.34. The predicted molar refractivity (Wildman–Crippen MR) is 159 cm³/mol. The monoisotopic (exact) mass is 542 g/mol. The van der Waals surface area contributed by atoms with E-state index in [4.69, 9.17) is 12.2 Å². The second-order valence-electron chi connectivity index (χ2n) is 10.3. The minimum atomic E-state index is -0.223. The van der Waals surface area contributed by atoms with Gasteiger partial charge in [0.2, 0.25) is 0 Å². The minimum Gasteiger partial charge on any atom is -0.357 e. The Hall–Kier alpha value is -2.11. The van der Waals surface area contributed by atoms with Gasteiger partial charge in [0, 0.05) is 31.7 Å². The quantitative estimate of drug-likeness (QED) is 0.231. The second-order valence-corrected chi connectivity index (χ2v) is 11.9. The van der Waals surface area contributed by atoms with Crippen molar-refractivity contribution in [1.29, 1.82) is 5.26 Å². The van der Waals surface area contributed by atoms with Gasteiger partial charge in [-0.05, 0) is 50.2 Å². The summed E-state index contributed by atoms with van der Waals surface area (Å²) in [6.45, 7) is 11.3. The number of rotatable bonds is 11. The Morgan fingerprint density at radius 1 is 1.08 bits per heavy atom. The molecule has 1 aromatic rings. The third-order valence-electron chi connectivity index (χ3n) is 7.62. The van der Waals surface area contributed by atoms with Gasteiger partial charge in [-0.25, -0.2) is 0 Å². The molecule has 3 heterocycles. The number of hydrogen-bond donors (Lipinski definition) is 0. The molecule has 0 saturated carbocycles. The number of nitrogens with zero attached hydrogens (tertiary/aromatic N) is 4. The van der Waals surface area contributed by atoms with Gasteiger partial charge in [-0.1, -0.05) is 83.3 Å². The van der Waals surface area contributed by atoms with Crippen LogP contribution >= 0.6 is 24.0 Å². The van der Waals surface area contributed by atoms with Crippen LogP contribution in [0.25, 0.3) is 6.08 Å². The SMILES string of the molecule is CCCCC(CC)CN1C(=O)/C(=C\c2c(C)c(C#N)c(=O)n(CCCC)c2N2CCCCCC2)SC1=S. The smallest absolute Gasteiger partial charge is 0.270 e. The number of carbonyl (C=O) groups excluding carboxylic acids is 1. The Balaban J connectivity index is 2.10. The van der Waals surface area contributed by atoms with E-state index >= 15 is 0 Å². The van der Waals surface area contributed by atoms with Gasteiger partial charge in [-0.15, -0.1) is 0 Å². The van der Waals surface area contributed by atoms with Crippen LogP contribution < -0.4 is 10.5 Å². The Morgan fingerprint density at radius 2 is 1.76 bits per heavy atom. The second kappa shape index (κ2) is 14.2. The molecule has 0 aromatic carbocycles. The normalized spacial score (nSPS) is 18.4. The summed E-state index contributed by atoms with van der Waals surface area (Å²) in [4.78, 5) is 31.7. The molecule has 202 valence electrons.